The SMILES string of the molecule is COc1cc(/C=C(\C#N)C(=O)Nc2ccc(Cl)c(Cl)c2)cc(Cl)c1OCc1ccc(F)cc1. The number of nitriles is 1. The maximum atomic E-state index is 13.1. The number of nitrogens with one attached hydrogen (secondary N) is 1. The molecule has 0 unspecified atom stereocenters. The molecule has 0 bridgehead atoms. The Morgan fingerprint density at radius 3 is 2.42 bits per heavy atom. The molecule has 3 aromatic rings. The number of benzene rings is 3. The normalized spacial score (nSPS) is 11.0. The molecule has 0 aliphatic heterocycles. The van der Waals surface area contributed by atoms with Crippen molar-refractivity contribution in [2.24, 2.45) is 0 Å². The van der Waals surface area contributed by atoms with Crippen molar-refractivity contribution < 1.29 is 18.7 Å². The van der Waals surface area contributed by atoms with Crippen LogP contribution in [0, 0.1) is 17.1 Å². The summed E-state index contributed by atoms with van der Waals surface area (Å²) < 4.78 is 24.2. The molecule has 168 valence electrons. The van der Waals surface area contributed by atoms with Crippen LogP contribution in [0.3, 0.4) is 0 Å². The third kappa shape index (κ3) is 6.39. The number of methoxy groups -OCH3 is 1. The Balaban J connectivity index is 1.81. The van der Waals surface area contributed by atoms with Crippen molar-refractivity contribution in [3.8, 4) is 17.6 Å². The molecule has 5 nitrogen and oxygen atoms in total. The maximum absolute atomic E-state index is 13.1. The van der Waals surface area contributed by atoms with E-state index in [0.717, 1.165) is 5.56 Å². The Bertz CT molecular complexity index is 1260. The molecule has 3 rings (SSSR count). The van der Waals surface area contributed by atoms with E-state index in [2.05, 4.69) is 5.32 Å². The zero-order valence-electron chi connectivity index (χ0n) is 17.2. The minimum Gasteiger partial charge on any atom is -0.493 e. The van der Waals surface area contributed by atoms with Gasteiger partial charge < -0.3 is 14.8 Å². The van der Waals surface area contributed by atoms with Crippen molar-refractivity contribution in [1.29, 1.82) is 5.26 Å². The van der Waals surface area contributed by atoms with Crippen molar-refractivity contribution >= 4 is 52.5 Å². The van der Waals surface area contributed by atoms with Gasteiger partial charge in [0.05, 0.1) is 22.2 Å². The lowest BCUT2D eigenvalue weighted by molar-refractivity contribution is -0.112. The number of amides is 1. The average Bonchev–Trinajstić information content (AvgIpc) is 2.79. The Morgan fingerprint density at radius 1 is 1.06 bits per heavy atom. The third-order valence-electron chi connectivity index (χ3n) is 4.40. The predicted molar refractivity (Wildman–Crippen MR) is 127 cm³/mol. The molecule has 0 aliphatic rings. The monoisotopic (exact) mass is 504 g/mol. The first-order chi connectivity index (χ1) is 15.8. The number of nitrogens with zero attached hydrogens (tertiary/aromatic N) is 1. The third-order valence-corrected chi connectivity index (χ3v) is 5.42. The van der Waals surface area contributed by atoms with Gasteiger partial charge in [0, 0.05) is 5.69 Å². The van der Waals surface area contributed by atoms with Crippen molar-refractivity contribution in [1.82, 2.24) is 0 Å². The van der Waals surface area contributed by atoms with Gasteiger partial charge in [-0.15, -0.1) is 0 Å². The molecule has 0 spiro atoms. The molecule has 0 saturated carbocycles. The summed E-state index contributed by atoms with van der Waals surface area (Å²) in [4.78, 5) is 12.5. The minimum atomic E-state index is -0.636. The van der Waals surface area contributed by atoms with E-state index in [0.29, 0.717) is 22.0 Å². The Kier molecular flexibility index (Phi) is 8.18. The molecule has 1 N–H and O–H groups in total. The molecule has 1 amide bonds. The highest BCUT2D eigenvalue weighted by Gasteiger charge is 2.15. The molecule has 0 radical (unpaired) electrons. The molecule has 0 saturated heterocycles. The minimum absolute atomic E-state index is 0.140. The second-order valence-electron chi connectivity index (χ2n) is 6.70. The summed E-state index contributed by atoms with van der Waals surface area (Å²) in [6.07, 6.45) is 1.37. The van der Waals surface area contributed by atoms with E-state index < -0.39 is 5.91 Å². The number of rotatable bonds is 7. The number of carbonyl (C=O) groups excluding carboxylic acids is 1. The van der Waals surface area contributed by atoms with Gasteiger partial charge in [-0.25, -0.2) is 4.39 Å². The highest BCUT2D eigenvalue weighted by molar-refractivity contribution is 6.42. The number of hydrogen-bond acceptors (Lipinski definition) is 4. The summed E-state index contributed by atoms with van der Waals surface area (Å²) in [5.41, 5.74) is 1.41. The zero-order valence-corrected chi connectivity index (χ0v) is 19.4. The topological polar surface area (TPSA) is 71.3 Å². The van der Waals surface area contributed by atoms with E-state index in [1.165, 1.54) is 43.5 Å². The Hall–Kier alpha value is -3.24. The van der Waals surface area contributed by atoms with E-state index in [-0.39, 0.29) is 33.8 Å². The molecule has 0 heterocycles. The Labute approximate surface area is 204 Å². The van der Waals surface area contributed by atoms with E-state index in [1.807, 2.05) is 6.07 Å². The zero-order chi connectivity index (χ0) is 24.0. The summed E-state index contributed by atoms with van der Waals surface area (Å²) in [7, 11) is 1.44. The van der Waals surface area contributed by atoms with Crippen LogP contribution >= 0.6 is 34.8 Å². The van der Waals surface area contributed by atoms with Crippen LogP contribution in [0.15, 0.2) is 60.2 Å². The smallest absolute Gasteiger partial charge is 0.266 e. The number of anilines is 1. The van der Waals surface area contributed by atoms with E-state index in [1.54, 1.807) is 24.3 Å². The quantitative estimate of drug-likeness (QED) is 0.279. The van der Waals surface area contributed by atoms with Crippen molar-refractivity contribution in [3.63, 3.8) is 0 Å². The van der Waals surface area contributed by atoms with Gasteiger partial charge in [-0.3, -0.25) is 4.79 Å². The van der Waals surface area contributed by atoms with Gasteiger partial charge in [0.15, 0.2) is 11.5 Å². The van der Waals surface area contributed by atoms with Crippen molar-refractivity contribution in [2.75, 3.05) is 12.4 Å². The predicted octanol–water partition coefficient (Wildman–Crippen LogP) is 6.92. The Morgan fingerprint density at radius 2 is 1.79 bits per heavy atom. The van der Waals surface area contributed by atoms with Gasteiger partial charge in [-0.1, -0.05) is 46.9 Å². The lowest BCUT2D eigenvalue weighted by Crippen LogP contribution is -2.13. The average molecular weight is 506 g/mol. The van der Waals surface area contributed by atoms with Crippen LogP contribution in [0.1, 0.15) is 11.1 Å². The van der Waals surface area contributed by atoms with Crippen molar-refractivity contribution in [2.45, 2.75) is 6.61 Å². The molecule has 0 aliphatic carbocycles. The summed E-state index contributed by atoms with van der Waals surface area (Å²) in [6.45, 7) is 0.140. The van der Waals surface area contributed by atoms with Crippen LogP contribution in [-0.2, 0) is 11.4 Å². The first-order valence-electron chi connectivity index (χ1n) is 9.43. The first-order valence-corrected chi connectivity index (χ1v) is 10.6. The highest BCUT2D eigenvalue weighted by Crippen LogP contribution is 2.37. The van der Waals surface area contributed by atoms with E-state index >= 15 is 0 Å². The molecule has 0 aromatic heterocycles. The van der Waals surface area contributed by atoms with Crippen LogP contribution in [0.2, 0.25) is 15.1 Å². The fourth-order valence-corrected chi connectivity index (χ4v) is 3.36. The van der Waals surface area contributed by atoms with Gasteiger partial charge in [0.2, 0.25) is 0 Å². The van der Waals surface area contributed by atoms with E-state index in [4.69, 9.17) is 44.3 Å². The van der Waals surface area contributed by atoms with Crippen LogP contribution in [0.25, 0.3) is 6.08 Å². The lowest BCUT2D eigenvalue weighted by Gasteiger charge is -2.13. The van der Waals surface area contributed by atoms with Gasteiger partial charge in [0.25, 0.3) is 5.91 Å². The van der Waals surface area contributed by atoms with Crippen molar-refractivity contribution in [3.05, 3.63) is 92.2 Å². The number of carbonyl (C=O) groups is 1. The van der Waals surface area contributed by atoms with Crippen LogP contribution in [-0.4, -0.2) is 13.0 Å². The van der Waals surface area contributed by atoms with Gasteiger partial charge >= 0.3 is 0 Å². The highest BCUT2D eigenvalue weighted by atomic mass is 35.5. The molecule has 33 heavy (non-hydrogen) atoms. The number of hydrogen-bond donors (Lipinski definition) is 1. The first kappa shape index (κ1) is 24.4. The molecule has 3 aromatic carbocycles. The fourth-order valence-electron chi connectivity index (χ4n) is 2.79. The second kappa shape index (κ2) is 11.1. The van der Waals surface area contributed by atoms with Gasteiger partial charge in [-0.05, 0) is 59.7 Å². The van der Waals surface area contributed by atoms with Crippen LogP contribution < -0.4 is 14.8 Å². The van der Waals surface area contributed by atoms with Crippen LogP contribution in [0.4, 0.5) is 10.1 Å². The molecule has 0 fully saturated rings. The molecular weight excluding hydrogens is 490 g/mol. The number of halogens is 4. The second-order valence-corrected chi connectivity index (χ2v) is 7.92. The van der Waals surface area contributed by atoms with Crippen LogP contribution in [0.5, 0.6) is 11.5 Å². The summed E-state index contributed by atoms with van der Waals surface area (Å²) in [5.74, 6) is -0.401. The summed E-state index contributed by atoms with van der Waals surface area (Å²) in [6, 6.07) is 15.4. The number of ether oxygens (including phenoxy) is 2. The molecular formula is C24H16Cl3FN2O3. The standard InChI is InChI=1S/C24H16Cl3FN2O3/c1-32-22-10-15(9-21(27)23(22)33-13-14-2-4-17(28)5-3-14)8-16(12-29)24(31)30-18-6-7-19(25)20(26)11-18/h2-11H,13H2,1H3,(H,30,31)/b16-8+. The fraction of sp³-hybridized carbons (Fsp3) is 0.0833. The summed E-state index contributed by atoms with van der Waals surface area (Å²) >= 11 is 18.2. The summed E-state index contributed by atoms with van der Waals surface area (Å²) in [5, 5.41) is 12.9. The van der Waals surface area contributed by atoms with E-state index in [9.17, 15) is 14.4 Å². The van der Waals surface area contributed by atoms with Gasteiger partial charge in [-0.2, -0.15) is 5.26 Å². The van der Waals surface area contributed by atoms with Gasteiger partial charge in [0.1, 0.15) is 24.1 Å². The largest absolute Gasteiger partial charge is 0.493 e. The molecule has 0 atom stereocenters. The maximum Gasteiger partial charge on any atom is 0.266 e. The lowest BCUT2D eigenvalue weighted by atomic mass is 10.1. The molecule has 9 heteroatoms.